The molecule has 1 radical (unpaired) electrons. The van der Waals surface area contributed by atoms with Gasteiger partial charge in [-0.3, -0.25) is 4.79 Å². The van der Waals surface area contributed by atoms with Gasteiger partial charge in [0.05, 0.1) is 11.7 Å². The van der Waals surface area contributed by atoms with Crippen molar-refractivity contribution in [3.8, 4) is 11.3 Å². The fraction of sp³-hybridized carbons (Fsp3) is 0.231. The Morgan fingerprint density at radius 2 is 2.12 bits per heavy atom. The van der Waals surface area contributed by atoms with Gasteiger partial charge in [0.15, 0.2) is 0 Å². The van der Waals surface area contributed by atoms with E-state index in [0.29, 0.717) is 5.02 Å². The van der Waals surface area contributed by atoms with Crippen LogP contribution >= 0.6 is 11.6 Å². The monoisotopic (exact) mass is 247 g/mol. The molecule has 0 saturated heterocycles. The fourth-order valence-corrected chi connectivity index (χ4v) is 1.73. The molecule has 87 valence electrons. The Morgan fingerprint density at radius 1 is 1.35 bits per heavy atom. The van der Waals surface area contributed by atoms with Crippen LogP contribution in [-0.4, -0.2) is 9.78 Å². The first-order valence-electron chi connectivity index (χ1n) is 5.35. The summed E-state index contributed by atoms with van der Waals surface area (Å²) < 4.78 is 1.46. The van der Waals surface area contributed by atoms with Crippen molar-refractivity contribution >= 4 is 11.6 Å². The molecule has 0 amide bonds. The van der Waals surface area contributed by atoms with E-state index < -0.39 is 0 Å². The van der Waals surface area contributed by atoms with Gasteiger partial charge in [-0.05, 0) is 26.0 Å². The van der Waals surface area contributed by atoms with Gasteiger partial charge in [-0.2, -0.15) is 5.10 Å². The molecular weight excluding hydrogens is 236 g/mol. The van der Waals surface area contributed by atoms with Gasteiger partial charge >= 0.3 is 0 Å². The summed E-state index contributed by atoms with van der Waals surface area (Å²) in [5.41, 5.74) is 1.51. The molecule has 0 N–H and O–H groups in total. The minimum Gasteiger partial charge on any atom is -0.268 e. The molecule has 2 aromatic rings. The molecule has 0 bridgehead atoms. The highest BCUT2D eigenvalue weighted by Crippen LogP contribution is 2.19. The second-order valence-electron chi connectivity index (χ2n) is 4.02. The Kier molecular flexibility index (Phi) is 3.29. The van der Waals surface area contributed by atoms with Crippen LogP contribution in [0.4, 0.5) is 0 Å². The van der Waals surface area contributed by atoms with Crippen molar-refractivity contribution in [3.05, 3.63) is 51.8 Å². The zero-order chi connectivity index (χ0) is 12.4. The van der Waals surface area contributed by atoms with Crippen molar-refractivity contribution < 1.29 is 0 Å². The Balaban J connectivity index is 2.54. The maximum absolute atomic E-state index is 11.6. The van der Waals surface area contributed by atoms with Gasteiger partial charge in [0, 0.05) is 22.7 Å². The van der Waals surface area contributed by atoms with E-state index in [-0.39, 0.29) is 11.6 Å². The predicted octanol–water partition coefficient (Wildman–Crippen LogP) is 2.94. The molecule has 1 heterocycles. The Labute approximate surface area is 105 Å². The standard InChI is InChI=1S/C13H12ClN2O/c1-9(2)16-13(17)7-6-12(15-16)10-4-3-5-11(14)8-10/h3-4,6-9H,1-2H3. The molecule has 1 aromatic carbocycles. The van der Waals surface area contributed by atoms with E-state index in [4.69, 9.17) is 11.6 Å². The van der Waals surface area contributed by atoms with E-state index in [1.54, 1.807) is 18.2 Å². The molecule has 1 aromatic heterocycles. The van der Waals surface area contributed by atoms with Crippen LogP contribution in [0.5, 0.6) is 0 Å². The first-order chi connectivity index (χ1) is 8.08. The summed E-state index contributed by atoms with van der Waals surface area (Å²) >= 11 is 5.88. The van der Waals surface area contributed by atoms with Crippen LogP contribution in [0.15, 0.2) is 35.1 Å². The van der Waals surface area contributed by atoms with Crippen molar-refractivity contribution in [2.24, 2.45) is 0 Å². The first kappa shape index (κ1) is 11.9. The second kappa shape index (κ2) is 4.72. The smallest absolute Gasteiger partial charge is 0.267 e. The van der Waals surface area contributed by atoms with Gasteiger partial charge in [-0.25, -0.2) is 4.68 Å². The summed E-state index contributed by atoms with van der Waals surface area (Å²) in [6.45, 7) is 3.84. The lowest BCUT2D eigenvalue weighted by atomic mass is 10.1. The average Bonchev–Trinajstić information content (AvgIpc) is 2.29. The van der Waals surface area contributed by atoms with Gasteiger partial charge in [-0.15, -0.1) is 0 Å². The SMILES string of the molecule is CC(C)n1nc(-c2cc[c]c(Cl)c2)ccc1=O. The largest absolute Gasteiger partial charge is 0.268 e. The van der Waals surface area contributed by atoms with E-state index in [1.165, 1.54) is 10.7 Å². The maximum atomic E-state index is 11.6. The summed E-state index contributed by atoms with van der Waals surface area (Å²) in [5, 5.41) is 4.85. The predicted molar refractivity (Wildman–Crippen MR) is 68.2 cm³/mol. The number of benzene rings is 1. The van der Waals surface area contributed by atoms with Crippen molar-refractivity contribution in [2.45, 2.75) is 19.9 Å². The Bertz CT molecular complexity index is 590. The maximum Gasteiger partial charge on any atom is 0.267 e. The molecular formula is C13H12ClN2O. The van der Waals surface area contributed by atoms with E-state index in [0.717, 1.165) is 11.3 Å². The summed E-state index contributed by atoms with van der Waals surface area (Å²) in [6, 6.07) is 11.5. The minimum atomic E-state index is -0.0997. The Morgan fingerprint density at radius 3 is 2.76 bits per heavy atom. The van der Waals surface area contributed by atoms with Gasteiger partial charge in [0.25, 0.3) is 5.56 Å². The molecule has 4 heteroatoms. The van der Waals surface area contributed by atoms with E-state index in [1.807, 2.05) is 19.9 Å². The second-order valence-corrected chi connectivity index (χ2v) is 4.43. The molecule has 0 aliphatic carbocycles. The molecule has 0 fully saturated rings. The third kappa shape index (κ3) is 2.56. The number of halogens is 1. The first-order valence-corrected chi connectivity index (χ1v) is 5.73. The number of rotatable bonds is 2. The lowest BCUT2D eigenvalue weighted by Gasteiger charge is -2.09. The van der Waals surface area contributed by atoms with Crippen molar-refractivity contribution in [1.29, 1.82) is 0 Å². The van der Waals surface area contributed by atoms with E-state index in [2.05, 4.69) is 11.2 Å². The number of aromatic nitrogens is 2. The topological polar surface area (TPSA) is 34.9 Å². The van der Waals surface area contributed by atoms with Gasteiger partial charge in [0.2, 0.25) is 0 Å². The third-order valence-corrected chi connectivity index (χ3v) is 2.59. The molecule has 17 heavy (non-hydrogen) atoms. The van der Waals surface area contributed by atoms with E-state index >= 15 is 0 Å². The molecule has 0 spiro atoms. The molecule has 0 saturated carbocycles. The number of hydrogen-bond donors (Lipinski definition) is 0. The normalized spacial score (nSPS) is 10.8. The minimum absolute atomic E-state index is 0.0354. The zero-order valence-corrected chi connectivity index (χ0v) is 10.4. The van der Waals surface area contributed by atoms with Crippen molar-refractivity contribution in [2.75, 3.05) is 0 Å². The zero-order valence-electron chi connectivity index (χ0n) is 9.64. The Hall–Kier alpha value is -1.61. The fourth-order valence-electron chi connectivity index (χ4n) is 1.55. The van der Waals surface area contributed by atoms with Crippen LogP contribution in [0, 0.1) is 6.07 Å². The van der Waals surface area contributed by atoms with Crippen molar-refractivity contribution in [3.63, 3.8) is 0 Å². The highest BCUT2D eigenvalue weighted by atomic mass is 35.5. The molecule has 2 rings (SSSR count). The van der Waals surface area contributed by atoms with Gasteiger partial charge in [-0.1, -0.05) is 23.7 Å². The summed E-state index contributed by atoms with van der Waals surface area (Å²) in [5.74, 6) is 0. The van der Waals surface area contributed by atoms with Crippen molar-refractivity contribution in [1.82, 2.24) is 9.78 Å². The summed E-state index contributed by atoms with van der Waals surface area (Å²) in [6.07, 6.45) is 0. The molecule has 0 unspecified atom stereocenters. The number of nitrogens with zero attached hydrogens (tertiary/aromatic N) is 2. The number of hydrogen-bond acceptors (Lipinski definition) is 2. The summed E-state index contributed by atoms with van der Waals surface area (Å²) in [4.78, 5) is 11.6. The van der Waals surface area contributed by atoms with E-state index in [9.17, 15) is 4.79 Å². The third-order valence-electron chi connectivity index (χ3n) is 2.38. The van der Waals surface area contributed by atoms with Gasteiger partial charge in [0.1, 0.15) is 0 Å². The molecule has 0 aliphatic heterocycles. The van der Waals surface area contributed by atoms with Crippen LogP contribution < -0.4 is 5.56 Å². The lowest BCUT2D eigenvalue weighted by molar-refractivity contribution is 0.505. The van der Waals surface area contributed by atoms with Gasteiger partial charge < -0.3 is 0 Å². The van der Waals surface area contributed by atoms with Crippen LogP contribution in [0.2, 0.25) is 5.02 Å². The molecule has 3 nitrogen and oxygen atoms in total. The summed E-state index contributed by atoms with van der Waals surface area (Å²) in [7, 11) is 0. The van der Waals surface area contributed by atoms with Crippen LogP contribution in [0.3, 0.4) is 0 Å². The quantitative estimate of drug-likeness (QED) is 0.818. The highest BCUT2D eigenvalue weighted by Gasteiger charge is 2.06. The highest BCUT2D eigenvalue weighted by molar-refractivity contribution is 6.30. The van der Waals surface area contributed by atoms with Crippen LogP contribution in [-0.2, 0) is 0 Å². The average molecular weight is 248 g/mol. The lowest BCUT2D eigenvalue weighted by Crippen LogP contribution is -2.23. The van der Waals surface area contributed by atoms with Crippen LogP contribution in [0.25, 0.3) is 11.3 Å². The van der Waals surface area contributed by atoms with Crippen LogP contribution in [0.1, 0.15) is 19.9 Å². The molecule has 0 aliphatic rings. The molecule has 0 atom stereocenters.